The van der Waals surface area contributed by atoms with E-state index in [4.69, 9.17) is 14.2 Å². The second-order valence-corrected chi connectivity index (χ2v) is 6.34. The molecule has 8 nitrogen and oxygen atoms in total. The van der Waals surface area contributed by atoms with Crippen LogP contribution in [0.25, 0.3) is 0 Å². The van der Waals surface area contributed by atoms with E-state index >= 15 is 0 Å². The fourth-order valence-corrected chi connectivity index (χ4v) is 2.97. The quantitative estimate of drug-likeness (QED) is 0.686. The lowest BCUT2D eigenvalue weighted by molar-refractivity contribution is -0.295. The van der Waals surface area contributed by atoms with E-state index in [1.807, 2.05) is 6.92 Å². The zero-order valence-corrected chi connectivity index (χ0v) is 14.6. The molecule has 1 heterocycles. The minimum atomic E-state index is -2.37. The molecule has 0 spiro atoms. The predicted molar refractivity (Wildman–Crippen MR) is 81.8 cm³/mol. The van der Waals surface area contributed by atoms with Crippen LogP contribution in [0.1, 0.15) is 47.5 Å². The second kappa shape index (κ2) is 7.94. The Balaban J connectivity index is 3.19. The molecular weight excluding hydrogens is 320 g/mol. The van der Waals surface area contributed by atoms with Crippen molar-refractivity contribution in [1.29, 1.82) is 0 Å². The zero-order valence-electron chi connectivity index (χ0n) is 14.6. The number of esters is 2. The molecule has 6 unspecified atom stereocenters. The molecule has 0 aromatic carbocycles. The molecule has 0 radical (unpaired) electrons. The van der Waals surface area contributed by atoms with Crippen LogP contribution in [0, 0.1) is 11.8 Å². The van der Waals surface area contributed by atoms with E-state index < -0.39 is 42.0 Å². The molecule has 2 N–H and O–H groups in total. The minimum Gasteiger partial charge on any atom is -0.477 e. The smallest absolute Gasteiger partial charge is 0.364 e. The fourth-order valence-electron chi connectivity index (χ4n) is 2.97. The first-order valence-electron chi connectivity index (χ1n) is 7.99. The number of carboxylic acid groups (broad SMARTS) is 1. The molecule has 0 aromatic rings. The molecule has 1 fully saturated rings. The maximum atomic E-state index is 11.5. The number of ether oxygens (including phenoxy) is 3. The van der Waals surface area contributed by atoms with Crippen molar-refractivity contribution in [2.75, 3.05) is 0 Å². The van der Waals surface area contributed by atoms with Crippen LogP contribution in [-0.4, -0.2) is 52.2 Å². The van der Waals surface area contributed by atoms with Gasteiger partial charge in [-0.1, -0.05) is 20.8 Å². The monoisotopic (exact) mass is 346 g/mol. The molecule has 0 bridgehead atoms. The zero-order chi connectivity index (χ0) is 18.7. The van der Waals surface area contributed by atoms with Gasteiger partial charge in [0.25, 0.3) is 5.79 Å². The van der Waals surface area contributed by atoms with Crippen molar-refractivity contribution in [3.63, 3.8) is 0 Å². The number of carbonyl (C=O) groups is 3. The average molecular weight is 346 g/mol. The Kier molecular flexibility index (Phi) is 6.74. The lowest BCUT2D eigenvalue weighted by atomic mass is 9.79. The van der Waals surface area contributed by atoms with Gasteiger partial charge in [-0.15, -0.1) is 0 Å². The van der Waals surface area contributed by atoms with Gasteiger partial charge in [0.1, 0.15) is 12.2 Å². The molecule has 1 saturated heterocycles. The summed E-state index contributed by atoms with van der Waals surface area (Å²) in [7, 11) is 0. The standard InChI is InChI=1S/C16H26O8/c1-6-12(22-10(4)17)14(23-11(5)18)13-9(3)8(2)7-16(21,24-13)15(19)20/h8-9,12-14,21H,6-7H2,1-5H3,(H,19,20). The van der Waals surface area contributed by atoms with Crippen molar-refractivity contribution in [2.24, 2.45) is 11.8 Å². The Bertz CT molecular complexity index is 490. The van der Waals surface area contributed by atoms with Gasteiger partial charge in [0.15, 0.2) is 6.10 Å². The Hall–Kier alpha value is -1.67. The van der Waals surface area contributed by atoms with Crippen molar-refractivity contribution in [1.82, 2.24) is 0 Å². The van der Waals surface area contributed by atoms with E-state index in [2.05, 4.69) is 0 Å². The first-order chi connectivity index (χ1) is 11.0. The maximum absolute atomic E-state index is 11.5. The highest BCUT2D eigenvalue weighted by atomic mass is 16.7. The van der Waals surface area contributed by atoms with Crippen LogP contribution in [0.5, 0.6) is 0 Å². The Labute approximate surface area is 141 Å². The van der Waals surface area contributed by atoms with Gasteiger partial charge < -0.3 is 24.4 Å². The van der Waals surface area contributed by atoms with Gasteiger partial charge in [-0.25, -0.2) is 4.79 Å². The van der Waals surface area contributed by atoms with Crippen LogP contribution in [0.4, 0.5) is 0 Å². The first-order valence-corrected chi connectivity index (χ1v) is 7.99. The van der Waals surface area contributed by atoms with E-state index in [1.54, 1.807) is 13.8 Å². The molecule has 0 saturated carbocycles. The predicted octanol–water partition coefficient (Wildman–Crippen LogP) is 1.09. The Morgan fingerprint density at radius 1 is 1.21 bits per heavy atom. The van der Waals surface area contributed by atoms with Gasteiger partial charge in [-0.05, 0) is 18.3 Å². The SMILES string of the molecule is CCC(OC(C)=O)C(OC(C)=O)C1OC(O)(C(=O)O)CC(C)C1C. The van der Waals surface area contributed by atoms with Crippen molar-refractivity contribution in [2.45, 2.75) is 71.6 Å². The van der Waals surface area contributed by atoms with Gasteiger partial charge in [0, 0.05) is 20.3 Å². The molecule has 6 atom stereocenters. The minimum absolute atomic E-state index is 0.0862. The van der Waals surface area contributed by atoms with Crippen molar-refractivity contribution in [3.8, 4) is 0 Å². The van der Waals surface area contributed by atoms with Crippen molar-refractivity contribution < 1.29 is 38.8 Å². The van der Waals surface area contributed by atoms with Gasteiger partial charge >= 0.3 is 17.9 Å². The third-order valence-corrected chi connectivity index (χ3v) is 4.39. The number of carboxylic acids is 1. The molecule has 1 rings (SSSR count). The average Bonchev–Trinajstić information content (AvgIpc) is 2.46. The number of carbonyl (C=O) groups excluding carboxylic acids is 2. The molecule has 1 aliphatic rings. The first kappa shape index (κ1) is 20.4. The third kappa shape index (κ3) is 4.67. The van der Waals surface area contributed by atoms with E-state index in [-0.39, 0.29) is 18.3 Å². The largest absolute Gasteiger partial charge is 0.477 e. The normalized spacial score (nSPS) is 32.5. The van der Waals surface area contributed by atoms with E-state index in [9.17, 15) is 24.6 Å². The summed E-state index contributed by atoms with van der Waals surface area (Å²) in [6, 6.07) is 0. The third-order valence-electron chi connectivity index (χ3n) is 4.39. The fraction of sp³-hybridized carbons (Fsp3) is 0.812. The maximum Gasteiger partial charge on any atom is 0.364 e. The van der Waals surface area contributed by atoms with Crippen LogP contribution in [0.2, 0.25) is 0 Å². The number of hydrogen-bond donors (Lipinski definition) is 2. The van der Waals surface area contributed by atoms with Crippen LogP contribution in [0.15, 0.2) is 0 Å². The van der Waals surface area contributed by atoms with Gasteiger partial charge in [0.05, 0.1) is 0 Å². The highest BCUT2D eigenvalue weighted by molar-refractivity contribution is 5.75. The number of rotatable bonds is 6. The van der Waals surface area contributed by atoms with Gasteiger partial charge in [-0.2, -0.15) is 0 Å². The van der Waals surface area contributed by atoms with Gasteiger partial charge in [0.2, 0.25) is 0 Å². The molecule has 1 aliphatic heterocycles. The van der Waals surface area contributed by atoms with Crippen molar-refractivity contribution in [3.05, 3.63) is 0 Å². The summed E-state index contributed by atoms with van der Waals surface area (Å²) in [5, 5.41) is 19.5. The summed E-state index contributed by atoms with van der Waals surface area (Å²) in [5.41, 5.74) is 0. The van der Waals surface area contributed by atoms with Crippen molar-refractivity contribution >= 4 is 17.9 Å². The highest BCUT2D eigenvalue weighted by Gasteiger charge is 2.52. The summed E-state index contributed by atoms with van der Waals surface area (Å²) in [6.45, 7) is 7.77. The lowest BCUT2D eigenvalue weighted by Gasteiger charge is -2.45. The summed E-state index contributed by atoms with van der Waals surface area (Å²) in [5.74, 6) is -5.48. The summed E-state index contributed by atoms with van der Waals surface area (Å²) >= 11 is 0. The summed E-state index contributed by atoms with van der Waals surface area (Å²) in [4.78, 5) is 34.2. The molecule has 24 heavy (non-hydrogen) atoms. The molecule has 0 amide bonds. The summed E-state index contributed by atoms with van der Waals surface area (Å²) in [6.07, 6.45) is -2.49. The lowest BCUT2D eigenvalue weighted by Crippen LogP contribution is -2.59. The highest BCUT2D eigenvalue weighted by Crippen LogP contribution is 2.39. The Morgan fingerprint density at radius 2 is 1.75 bits per heavy atom. The topological polar surface area (TPSA) is 119 Å². The Morgan fingerprint density at radius 3 is 2.17 bits per heavy atom. The molecule has 8 heteroatoms. The van der Waals surface area contributed by atoms with Crippen LogP contribution in [0.3, 0.4) is 0 Å². The molecule has 138 valence electrons. The van der Waals surface area contributed by atoms with Crippen LogP contribution < -0.4 is 0 Å². The molecule has 0 aromatic heterocycles. The number of aliphatic carboxylic acids is 1. The van der Waals surface area contributed by atoms with E-state index in [1.165, 1.54) is 13.8 Å². The summed E-state index contributed by atoms with van der Waals surface area (Å²) < 4.78 is 15.9. The second-order valence-electron chi connectivity index (χ2n) is 6.34. The molecular formula is C16H26O8. The van der Waals surface area contributed by atoms with Crippen LogP contribution in [-0.2, 0) is 28.6 Å². The number of aliphatic hydroxyl groups is 1. The van der Waals surface area contributed by atoms with Gasteiger partial charge in [-0.3, -0.25) is 9.59 Å². The van der Waals surface area contributed by atoms with E-state index in [0.29, 0.717) is 6.42 Å². The van der Waals surface area contributed by atoms with E-state index in [0.717, 1.165) is 0 Å². The number of hydrogen-bond acceptors (Lipinski definition) is 7. The molecule has 0 aliphatic carbocycles. The van der Waals surface area contributed by atoms with Crippen LogP contribution >= 0.6 is 0 Å².